The lowest BCUT2D eigenvalue weighted by Gasteiger charge is -2.21. The van der Waals surface area contributed by atoms with E-state index in [1.54, 1.807) is 18.4 Å². The molecule has 174 valence electrons. The van der Waals surface area contributed by atoms with Crippen LogP contribution in [0.25, 0.3) is 22.9 Å². The van der Waals surface area contributed by atoms with E-state index in [9.17, 15) is 9.59 Å². The van der Waals surface area contributed by atoms with Crippen molar-refractivity contribution in [2.75, 3.05) is 6.61 Å². The van der Waals surface area contributed by atoms with Gasteiger partial charge < -0.3 is 4.74 Å². The molecule has 0 spiro atoms. The number of esters is 1. The molecule has 0 saturated heterocycles. The van der Waals surface area contributed by atoms with E-state index in [-0.39, 0.29) is 12.2 Å². The van der Waals surface area contributed by atoms with Crippen molar-refractivity contribution in [3.05, 3.63) is 121 Å². The van der Waals surface area contributed by atoms with E-state index >= 15 is 0 Å². The smallest absolute Gasteiger partial charge is 0.338 e. The van der Waals surface area contributed by atoms with Crippen LogP contribution in [-0.4, -0.2) is 17.1 Å². The maximum absolute atomic E-state index is 13.7. The molecular formula is C29H24N2O3S. The van der Waals surface area contributed by atoms with Crippen LogP contribution in [0.4, 0.5) is 0 Å². The van der Waals surface area contributed by atoms with Gasteiger partial charge in [-0.15, -0.1) is 0 Å². The first-order valence-electron chi connectivity index (χ1n) is 11.5. The zero-order valence-corrected chi connectivity index (χ0v) is 20.3. The van der Waals surface area contributed by atoms with Crippen LogP contribution in [0.1, 0.15) is 31.0 Å². The summed E-state index contributed by atoms with van der Waals surface area (Å²) in [6, 6.07) is 23.3. The summed E-state index contributed by atoms with van der Waals surface area (Å²) < 4.78 is 7.49. The van der Waals surface area contributed by atoms with Crippen molar-refractivity contribution in [1.29, 1.82) is 0 Å². The van der Waals surface area contributed by atoms with Crippen LogP contribution >= 0.6 is 11.3 Å². The summed E-state index contributed by atoms with van der Waals surface area (Å²) in [7, 11) is 0. The highest BCUT2D eigenvalue weighted by molar-refractivity contribution is 7.07. The van der Waals surface area contributed by atoms with Crippen molar-refractivity contribution in [2.45, 2.75) is 19.9 Å². The van der Waals surface area contributed by atoms with E-state index in [1.807, 2.05) is 78.9 Å². The zero-order chi connectivity index (χ0) is 24.4. The van der Waals surface area contributed by atoms with E-state index < -0.39 is 12.0 Å². The predicted octanol–water partition coefficient (Wildman–Crippen LogP) is 4.62. The van der Waals surface area contributed by atoms with Gasteiger partial charge in [0.15, 0.2) is 4.80 Å². The van der Waals surface area contributed by atoms with Gasteiger partial charge in [-0.1, -0.05) is 96.3 Å². The van der Waals surface area contributed by atoms with Gasteiger partial charge in [0.2, 0.25) is 0 Å². The van der Waals surface area contributed by atoms with Crippen LogP contribution in [-0.2, 0) is 9.53 Å². The minimum Gasteiger partial charge on any atom is -0.463 e. The maximum atomic E-state index is 13.7. The number of hydrogen-bond acceptors (Lipinski definition) is 5. The molecule has 0 radical (unpaired) electrons. The zero-order valence-electron chi connectivity index (χ0n) is 19.5. The van der Waals surface area contributed by atoms with E-state index in [0.29, 0.717) is 20.6 Å². The van der Waals surface area contributed by atoms with Gasteiger partial charge in [0.25, 0.3) is 5.56 Å². The number of fused-ring (bicyclic) bond motifs is 2. The van der Waals surface area contributed by atoms with Crippen molar-refractivity contribution < 1.29 is 9.53 Å². The van der Waals surface area contributed by atoms with E-state index in [4.69, 9.17) is 4.74 Å². The molecule has 0 fully saturated rings. The number of carbonyl (C=O) groups excluding carboxylic acids is 1. The summed E-state index contributed by atoms with van der Waals surface area (Å²) in [5.41, 5.74) is 2.69. The summed E-state index contributed by atoms with van der Waals surface area (Å²) >= 11 is 1.33. The molecule has 0 aliphatic carbocycles. The number of hydrogen-bond donors (Lipinski definition) is 0. The average molecular weight is 481 g/mol. The second kappa shape index (κ2) is 9.68. The maximum Gasteiger partial charge on any atom is 0.338 e. The first-order chi connectivity index (χ1) is 17.1. The fraction of sp³-hybridized carbons (Fsp3) is 0.138. The third-order valence-corrected chi connectivity index (χ3v) is 6.92. The number of carbonyl (C=O) groups is 1. The minimum absolute atomic E-state index is 0.182. The Kier molecular flexibility index (Phi) is 6.29. The summed E-state index contributed by atoms with van der Waals surface area (Å²) in [5.74, 6) is -0.459. The highest BCUT2D eigenvalue weighted by Crippen LogP contribution is 2.26. The van der Waals surface area contributed by atoms with Gasteiger partial charge in [-0.05, 0) is 41.8 Å². The lowest BCUT2D eigenvalue weighted by Crippen LogP contribution is -2.38. The lowest BCUT2D eigenvalue weighted by molar-refractivity contribution is -0.139. The van der Waals surface area contributed by atoms with Crippen LogP contribution in [0.15, 0.2) is 99.9 Å². The first kappa shape index (κ1) is 22.7. The fourth-order valence-electron chi connectivity index (χ4n) is 4.30. The molecule has 5 rings (SSSR count). The Morgan fingerprint density at radius 3 is 2.60 bits per heavy atom. The molecule has 6 heteroatoms. The van der Waals surface area contributed by atoms with Gasteiger partial charge >= 0.3 is 5.97 Å². The Balaban J connectivity index is 1.69. The predicted molar refractivity (Wildman–Crippen MR) is 141 cm³/mol. The number of aromatic nitrogens is 1. The largest absolute Gasteiger partial charge is 0.463 e. The molecule has 0 amide bonds. The Morgan fingerprint density at radius 2 is 1.80 bits per heavy atom. The van der Waals surface area contributed by atoms with Gasteiger partial charge in [0.05, 0.1) is 28.5 Å². The molecule has 1 atom stereocenters. The highest BCUT2D eigenvalue weighted by atomic mass is 32.1. The summed E-state index contributed by atoms with van der Waals surface area (Å²) in [6.45, 7) is 3.80. The van der Waals surface area contributed by atoms with Gasteiger partial charge in [-0.3, -0.25) is 9.36 Å². The topological polar surface area (TPSA) is 60.7 Å². The SMILES string of the molecule is CCOC(=O)C1=C(C)N=c2sc(=Cc3cccc4ccccc34)c(=O)n2C1C=Cc1ccccc1. The molecule has 35 heavy (non-hydrogen) atoms. The van der Waals surface area contributed by atoms with Crippen molar-refractivity contribution >= 4 is 40.2 Å². The number of allylic oxidation sites excluding steroid dienone is 2. The van der Waals surface area contributed by atoms with Crippen LogP contribution in [0.2, 0.25) is 0 Å². The molecule has 3 aromatic carbocycles. The van der Waals surface area contributed by atoms with E-state index in [1.165, 1.54) is 11.3 Å². The normalized spacial score (nSPS) is 15.9. The Bertz CT molecular complexity index is 1650. The van der Waals surface area contributed by atoms with Crippen molar-refractivity contribution in [1.82, 2.24) is 4.57 Å². The molecule has 0 N–H and O–H groups in total. The number of ether oxygens (including phenoxy) is 1. The first-order valence-corrected chi connectivity index (χ1v) is 12.3. The molecular weight excluding hydrogens is 456 g/mol. The molecule has 0 saturated carbocycles. The van der Waals surface area contributed by atoms with Gasteiger partial charge in [-0.25, -0.2) is 9.79 Å². The third-order valence-electron chi connectivity index (χ3n) is 5.94. The number of benzene rings is 3. The van der Waals surface area contributed by atoms with Crippen molar-refractivity contribution in [2.24, 2.45) is 4.99 Å². The number of nitrogens with zero attached hydrogens (tertiary/aromatic N) is 2. The van der Waals surface area contributed by atoms with E-state index in [2.05, 4.69) is 17.1 Å². The standard InChI is InChI=1S/C29H24N2O3S/c1-3-34-28(33)26-19(2)30-29-31(24(26)17-16-20-10-5-4-6-11-20)27(32)25(35-29)18-22-14-9-13-21-12-7-8-15-23(21)22/h4-18,24H,3H2,1-2H3. The van der Waals surface area contributed by atoms with Gasteiger partial charge in [0, 0.05) is 0 Å². The van der Waals surface area contributed by atoms with Crippen molar-refractivity contribution in [3.63, 3.8) is 0 Å². The Hall–Kier alpha value is -4.03. The third kappa shape index (κ3) is 4.40. The fourth-order valence-corrected chi connectivity index (χ4v) is 5.35. The molecule has 2 heterocycles. The highest BCUT2D eigenvalue weighted by Gasteiger charge is 2.30. The monoisotopic (exact) mass is 480 g/mol. The Labute approximate surface area is 206 Å². The summed E-state index contributed by atoms with van der Waals surface area (Å²) in [5, 5.41) is 2.18. The molecule has 1 unspecified atom stereocenters. The quantitative estimate of drug-likeness (QED) is 0.392. The van der Waals surface area contributed by atoms with Crippen molar-refractivity contribution in [3.8, 4) is 0 Å². The summed E-state index contributed by atoms with van der Waals surface area (Å²) in [6.07, 6.45) is 5.71. The minimum atomic E-state index is -0.611. The molecule has 0 bridgehead atoms. The molecule has 1 aromatic heterocycles. The average Bonchev–Trinajstić information content (AvgIpc) is 3.17. The van der Waals surface area contributed by atoms with Crippen LogP contribution in [0, 0.1) is 0 Å². The number of rotatable bonds is 5. The molecule has 5 nitrogen and oxygen atoms in total. The van der Waals surface area contributed by atoms with Crippen LogP contribution in [0.3, 0.4) is 0 Å². The molecule has 4 aromatic rings. The molecule has 1 aliphatic rings. The van der Waals surface area contributed by atoms with E-state index in [0.717, 1.165) is 21.9 Å². The second-order valence-electron chi connectivity index (χ2n) is 8.18. The van der Waals surface area contributed by atoms with Gasteiger partial charge in [-0.2, -0.15) is 0 Å². The Morgan fingerprint density at radius 1 is 1.06 bits per heavy atom. The molecule has 1 aliphatic heterocycles. The lowest BCUT2D eigenvalue weighted by atomic mass is 10.0. The van der Waals surface area contributed by atoms with Gasteiger partial charge in [0.1, 0.15) is 0 Å². The number of thiazole rings is 1. The van der Waals surface area contributed by atoms with Crippen LogP contribution < -0.4 is 14.9 Å². The second-order valence-corrected chi connectivity index (χ2v) is 9.19. The van der Waals surface area contributed by atoms with Crippen LogP contribution in [0.5, 0.6) is 0 Å². The summed E-state index contributed by atoms with van der Waals surface area (Å²) in [4.78, 5) is 31.8.